The number of nitrogens with zero attached hydrogens (tertiary/aromatic N) is 1. The summed E-state index contributed by atoms with van der Waals surface area (Å²) in [7, 11) is 8.52. The average Bonchev–Trinajstić information content (AvgIpc) is 2.37. The third-order valence-electron chi connectivity index (χ3n) is 4.73. The standard InChI is InChI=1S/C13H24BNO.C2H6/c1-4-10-11(14)6-5-7-12(10)15(3)13(2)8-16-9-13;1-2/h10-12H,4-9H2,1-3H3;1-2H3. The van der Waals surface area contributed by atoms with Gasteiger partial charge in [0.05, 0.1) is 26.6 Å². The van der Waals surface area contributed by atoms with Crippen molar-refractivity contribution in [1.29, 1.82) is 0 Å². The topological polar surface area (TPSA) is 12.5 Å². The van der Waals surface area contributed by atoms with Gasteiger partial charge in [0.2, 0.25) is 0 Å². The van der Waals surface area contributed by atoms with Crippen LogP contribution in [0.4, 0.5) is 0 Å². The SMILES string of the molecule is CC.[B]C1CCCC(N(C)C2(C)COC2)C1CC. The van der Waals surface area contributed by atoms with Crippen LogP contribution in [0.25, 0.3) is 0 Å². The van der Waals surface area contributed by atoms with E-state index in [1.807, 2.05) is 13.8 Å². The van der Waals surface area contributed by atoms with Gasteiger partial charge in [-0.3, -0.25) is 4.90 Å². The first-order valence-electron chi connectivity index (χ1n) is 7.65. The molecule has 2 rings (SSSR count). The van der Waals surface area contributed by atoms with Crippen LogP contribution < -0.4 is 0 Å². The Balaban J connectivity index is 0.000000771. The van der Waals surface area contributed by atoms with Crippen LogP contribution in [-0.2, 0) is 4.74 Å². The fourth-order valence-electron chi connectivity index (χ4n) is 3.33. The summed E-state index contributed by atoms with van der Waals surface area (Å²) in [6.07, 6.45) is 4.99. The number of likely N-dealkylation sites (N-methyl/N-ethyl adjacent to an activating group) is 1. The van der Waals surface area contributed by atoms with Gasteiger partial charge < -0.3 is 4.74 Å². The van der Waals surface area contributed by atoms with Crippen LogP contribution in [0.1, 0.15) is 53.4 Å². The molecule has 2 fully saturated rings. The highest BCUT2D eigenvalue weighted by molar-refractivity contribution is 6.11. The molecule has 0 bridgehead atoms. The molecule has 1 aliphatic heterocycles. The monoisotopic (exact) mass is 251 g/mol. The fraction of sp³-hybridized carbons (Fsp3) is 1.00. The zero-order valence-corrected chi connectivity index (χ0v) is 12.9. The van der Waals surface area contributed by atoms with Gasteiger partial charge in [0.15, 0.2) is 0 Å². The molecule has 104 valence electrons. The second-order valence-electron chi connectivity index (χ2n) is 5.83. The minimum absolute atomic E-state index is 0.259. The molecule has 0 aromatic rings. The van der Waals surface area contributed by atoms with E-state index in [1.165, 1.54) is 25.7 Å². The van der Waals surface area contributed by atoms with E-state index in [0.717, 1.165) is 13.2 Å². The van der Waals surface area contributed by atoms with Crippen molar-refractivity contribution in [3.8, 4) is 0 Å². The summed E-state index contributed by atoms with van der Waals surface area (Å²) < 4.78 is 5.37. The summed E-state index contributed by atoms with van der Waals surface area (Å²) in [6.45, 7) is 10.3. The summed E-state index contributed by atoms with van der Waals surface area (Å²) in [5.41, 5.74) is 0.259. The predicted molar refractivity (Wildman–Crippen MR) is 79.3 cm³/mol. The highest BCUT2D eigenvalue weighted by Crippen LogP contribution is 2.40. The van der Waals surface area contributed by atoms with Crippen LogP contribution in [0.2, 0.25) is 5.82 Å². The minimum Gasteiger partial charge on any atom is -0.377 e. The van der Waals surface area contributed by atoms with Gasteiger partial charge in [-0.2, -0.15) is 0 Å². The van der Waals surface area contributed by atoms with Crippen molar-refractivity contribution in [3.05, 3.63) is 0 Å². The molecule has 3 heteroatoms. The number of hydrogen-bond donors (Lipinski definition) is 0. The smallest absolute Gasteiger partial charge is 0.0704 e. The van der Waals surface area contributed by atoms with E-state index >= 15 is 0 Å². The molecule has 3 unspecified atom stereocenters. The van der Waals surface area contributed by atoms with Gasteiger partial charge in [-0.05, 0) is 26.3 Å². The Bertz CT molecular complexity index is 243. The molecule has 0 aromatic carbocycles. The van der Waals surface area contributed by atoms with Crippen molar-refractivity contribution in [2.24, 2.45) is 5.92 Å². The quantitative estimate of drug-likeness (QED) is 0.714. The Morgan fingerprint density at radius 1 is 1.28 bits per heavy atom. The molecule has 3 atom stereocenters. The van der Waals surface area contributed by atoms with Gasteiger partial charge >= 0.3 is 0 Å². The molecule has 18 heavy (non-hydrogen) atoms. The maximum Gasteiger partial charge on any atom is 0.0704 e. The molecule has 2 radical (unpaired) electrons. The maximum atomic E-state index is 6.26. The number of hydrogen-bond acceptors (Lipinski definition) is 2. The Hall–Kier alpha value is -0.0151. The zero-order chi connectivity index (χ0) is 13.8. The minimum atomic E-state index is 0.259. The molecule has 0 aromatic heterocycles. The molecule has 1 aliphatic carbocycles. The molecule has 1 saturated heterocycles. The van der Waals surface area contributed by atoms with Crippen LogP contribution in [0, 0.1) is 5.92 Å². The normalized spacial score (nSPS) is 34.4. The van der Waals surface area contributed by atoms with E-state index in [9.17, 15) is 0 Å². The first-order chi connectivity index (χ1) is 8.58. The Kier molecular flexibility index (Phi) is 6.20. The van der Waals surface area contributed by atoms with Gasteiger partial charge in [0.1, 0.15) is 0 Å². The van der Waals surface area contributed by atoms with Gasteiger partial charge in [-0.1, -0.05) is 45.9 Å². The van der Waals surface area contributed by atoms with Crippen molar-refractivity contribution < 1.29 is 4.74 Å². The van der Waals surface area contributed by atoms with E-state index in [-0.39, 0.29) is 5.54 Å². The maximum absolute atomic E-state index is 6.26. The van der Waals surface area contributed by atoms with Crippen LogP contribution in [0.3, 0.4) is 0 Å². The van der Waals surface area contributed by atoms with Gasteiger partial charge in [-0.15, -0.1) is 0 Å². The molecule has 0 amide bonds. The van der Waals surface area contributed by atoms with E-state index in [0.29, 0.717) is 17.8 Å². The van der Waals surface area contributed by atoms with Crippen molar-refractivity contribution in [2.45, 2.75) is 70.8 Å². The number of ether oxygens (including phenoxy) is 1. The predicted octanol–water partition coefficient (Wildman–Crippen LogP) is 3.27. The van der Waals surface area contributed by atoms with E-state index in [1.54, 1.807) is 0 Å². The lowest BCUT2D eigenvalue weighted by Crippen LogP contribution is -2.63. The highest BCUT2D eigenvalue weighted by Gasteiger charge is 2.43. The molecule has 1 heterocycles. The van der Waals surface area contributed by atoms with Crippen LogP contribution in [0.15, 0.2) is 0 Å². The highest BCUT2D eigenvalue weighted by atomic mass is 16.5. The van der Waals surface area contributed by atoms with Crippen molar-refractivity contribution in [1.82, 2.24) is 4.90 Å². The Morgan fingerprint density at radius 2 is 1.89 bits per heavy atom. The fourth-order valence-corrected chi connectivity index (χ4v) is 3.33. The Morgan fingerprint density at radius 3 is 2.33 bits per heavy atom. The third kappa shape index (κ3) is 3.11. The van der Waals surface area contributed by atoms with E-state index in [4.69, 9.17) is 12.6 Å². The second kappa shape index (κ2) is 6.95. The lowest BCUT2D eigenvalue weighted by Gasteiger charge is -2.53. The molecule has 2 nitrogen and oxygen atoms in total. The van der Waals surface area contributed by atoms with E-state index < -0.39 is 0 Å². The largest absolute Gasteiger partial charge is 0.377 e. The first kappa shape index (κ1) is 16.0. The summed E-state index contributed by atoms with van der Waals surface area (Å²) in [6, 6.07) is 0.655. The molecular formula is C15H30BNO. The lowest BCUT2D eigenvalue weighted by atomic mass is 9.64. The van der Waals surface area contributed by atoms with E-state index in [2.05, 4.69) is 25.8 Å². The second-order valence-corrected chi connectivity index (χ2v) is 5.83. The third-order valence-corrected chi connectivity index (χ3v) is 4.73. The lowest BCUT2D eigenvalue weighted by molar-refractivity contribution is -0.144. The van der Waals surface area contributed by atoms with Crippen molar-refractivity contribution >= 4 is 7.85 Å². The molecule has 0 spiro atoms. The zero-order valence-electron chi connectivity index (χ0n) is 12.9. The van der Waals surface area contributed by atoms with Gasteiger partial charge in [0, 0.05) is 6.04 Å². The van der Waals surface area contributed by atoms with Gasteiger partial charge in [-0.25, -0.2) is 0 Å². The van der Waals surface area contributed by atoms with Crippen molar-refractivity contribution in [2.75, 3.05) is 20.3 Å². The van der Waals surface area contributed by atoms with Crippen LogP contribution >= 0.6 is 0 Å². The van der Waals surface area contributed by atoms with Crippen LogP contribution in [-0.4, -0.2) is 44.6 Å². The summed E-state index contributed by atoms with van der Waals surface area (Å²) in [5.74, 6) is 1.06. The summed E-state index contributed by atoms with van der Waals surface area (Å²) in [5, 5.41) is 0. The average molecular weight is 251 g/mol. The molecule has 1 saturated carbocycles. The molecule has 2 aliphatic rings. The van der Waals surface area contributed by atoms with Crippen LogP contribution in [0.5, 0.6) is 0 Å². The van der Waals surface area contributed by atoms with Gasteiger partial charge in [0.25, 0.3) is 0 Å². The molecule has 0 N–H and O–H groups in total. The summed E-state index contributed by atoms with van der Waals surface area (Å²) in [4.78, 5) is 2.55. The Labute approximate surface area is 115 Å². The first-order valence-corrected chi connectivity index (χ1v) is 7.65. The van der Waals surface area contributed by atoms with Crippen molar-refractivity contribution in [3.63, 3.8) is 0 Å². The summed E-state index contributed by atoms with van der Waals surface area (Å²) >= 11 is 0. The number of rotatable bonds is 3. The molecular weight excluding hydrogens is 221 g/mol.